The molecule has 2 aliphatic carbocycles. The second-order valence-corrected chi connectivity index (χ2v) is 7.07. The Morgan fingerprint density at radius 2 is 2.13 bits per heavy atom. The van der Waals surface area contributed by atoms with Gasteiger partial charge in [-0.15, -0.1) is 0 Å². The Labute approximate surface area is 132 Å². The summed E-state index contributed by atoms with van der Waals surface area (Å²) in [5.41, 5.74) is -0.946. The van der Waals surface area contributed by atoms with Crippen LogP contribution in [0.15, 0.2) is 24.0 Å². The van der Waals surface area contributed by atoms with E-state index in [4.69, 9.17) is 4.74 Å². The molecule has 1 spiro atoms. The van der Waals surface area contributed by atoms with Gasteiger partial charge in [0.25, 0.3) is 0 Å². The van der Waals surface area contributed by atoms with Crippen molar-refractivity contribution in [3.8, 4) is 11.5 Å². The molecule has 4 atom stereocenters. The highest BCUT2D eigenvalue weighted by atomic mass is 16.5. The van der Waals surface area contributed by atoms with Crippen LogP contribution in [0.4, 0.5) is 0 Å². The number of likely N-dealkylation sites (N-methyl/N-ethyl adjacent to an activating group) is 1. The molecule has 120 valence electrons. The number of ether oxygens (including phenoxy) is 1. The first-order valence-electron chi connectivity index (χ1n) is 7.81. The standard InChI is InChI=1S/C17H17NO5/c1-18-5-4-16-13-8-2-3-9(19)14(13)23-15(16)10(20)7-12(21)17(16,22)11(18)6-8/h2-3,7,11,15,19,21-22H,4-6H2,1H3/t11-,15+,16+,17+/m1/s1. The number of nitrogens with zero attached hydrogens (tertiary/aromatic N) is 1. The first kappa shape index (κ1) is 13.4. The molecule has 0 unspecified atom stereocenters. The average Bonchev–Trinajstić information content (AvgIpc) is 2.86. The van der Waals surface area contributed by atoms with Crippen molar-refractivity contribution in [3.63, 3.8) is 0 Å². The Kier molecular flexibility index (Phi) is 2.16. The minimum absolute atomic E-state index is 0.0282. The molecular formula is C17H17NO5. The number of rotatable bonds is 0. The van der Waals surface area contributed by atoms with Crippen LogP contribution >= 0.6 is 0 Å². The van der Waals surface area contributed by atoms with Crippen molar-refractivity contribution in [2.45, 2.75) is 36.0 Å². The molecule has 2 aliphatic heterocycles. The topological polar surface area (TPSA) is 90.2 Å². The maximum Gasteiger partial charge on any atom is 0.200 e. The van der Waals surface area contributed by atoms with Gasteiger partial charge in [0.05, 0.1) is 11.5 Å². The van der Waals surface area contributed by atoms with Gasteiger partial charge in [-0.25, -0.2) is 0 Å². The lowest BCUT2D eigenvalue weighted by molar-refractivity contribution is -0.167. The van der Waals surface area contributed by atoms with Crippen molar-refractivity contribution < 1.29 is 24.9 Å². The number of likely N-dealkylation sites (tertiary alicyclic amines) is 1. The second kappa shape index (κ2) is 3.71. The van der Waals surface area contributed by atoms with Crippen LogP contribution in [-0.2, 0) is 16.6 Å². The van der Waals surface area contributed by atoms with Crippen molar-refractivity contribution in [2.75, 3.05) is 13.6 Å². The molecule has 6 heteroatoms. The van der Waals surface area contributed by atoms with Crippen LogP contribution in [0, 0.1) is 0 Å². The van der Waals surface area contributed by atoms with Gasteiger partial charge >= 0.3 is 0 Å². The summed E-state index contributed by atoms with van der Waals surface area (Å²) in [4.78, 5) is 14.5. The fourth-order valence-corrected chi connectivity index (χ4v) is 5.23. The zero-order chi connectivity index (χ0) is 16.1. The third-order valence-electron chi connectivity index (χ3n) is 6.25. The Morgan fingerprint density at radius 1 is 1.35 bits per heavy atom. The minimum Gasteiger partial charge on any atom is -0.509 e. The summed E-state index contributed by atoms with van der Waals surface area (Å²) in [5.74, 6) is -0.399. The predicted molar refractivity (Wildman–Crippen MR) is 79.6 cm³/mol. The highest BCUT2D eigenvalue weighted by molar-refractivity contribution is 5.99. The molecule has 0 amide bonds. The van der Waals surface area contributed by atoms with E-state index in [2.05, 4.69) is 0 Å². The highest BCUT2D eigenvalue weighted by Gasteiger charge is 2.74. The Bertz CT molecular complexity index is 802. The molecule has 1 saturated heterocycles. The van der Waals surface area contributed by atoms with Crippen LogP contribution in [0.5, 0.6) is 11.5 Å². The van der Waals surface area contributed by atoms with E-state index < -0.39 is 17.1 Å². The quantitative estimate of drug-likeness (QED) is 0.642. The van der Waals surface area contributed by atoms with Gasteiger partial charge in [-0.05, 0) is 38.1 Å². The maximum atomic E-state index is 12.5. The number of phenolic OH excluding ortho intramolecular Hbond substituents is 1. The van der Waals surface area contributed by atoms with E-state index in [-0.39, 0.29) is 29.1 Å². The largest absolute Gasteiger partial charge is 0.509 e. The van der Waals surface area contributed by atoms with Crippen LogP contribution < -0.4 is 4.74 Å². The molecule has 0 saturated carbocycles. The number of piperidine rings is 1. The summed E-state index contributed by atoms with van der Waals surface area (Å²) >= 11 is 0. The molecule has 6 nitrogen and oxygen atoms in total. The zero-order valence-corrected chi connectivity index (χ0v) is 12.6. The number of hydrogen-bond donors (Lipinski definition) is 3. The number of aromatic hydroxyl groups is 1. The molecule has 23 heavy (non-hydrogen) atoms. The van der Waals surface area contributed by atoms with E-state index in [1.807, 2.05) is 18.0 Å². The van der Waals surface area contributed by atoms with Crippen molar-refractivity contribution in [2.24, 2.45) is 0 Å². The Morgan fingerprint density at radius 3 is 2.91 bits per heavy atom. The van der Waals surface area contributed by atoms with E-state index in [9.17, 15) is 20.1 Å². The first-order valence-corrected chi connectivity index (χ1v) is 7.81. The number of ketones is 1. The van der Waals surface area contributed by atoms with Gasteiger partial charge in [0.15, 0.2) is 23.2 Å². The maximum absolute atomic E-state index is 12.5. The number of benzene rings is 1. The molecule has 4 aliphatic rings. The monoisotopic (exact) mass is 315 g/mol. The van der Waals surface area contributed by atoms with E-state index in [0.29, 0.717) is 24.9 Å². The lowest BCUT2D eigenvalue weighted by Crippen LogP contribution is -2.76. The summed E-state index contributed by atoms with van der Waals surface area (Å²) < 4.78 is 5.84. The molecular weight excluding hydrogens is 298 g/mol. The second-order valence-electron chi connectivity index (χ2n) is 7.07. The Balaban J connectivity index is 1.93. The molecule has 5 rings (SSSR count). The van der Waals surface area contributed by atoms with E-state index in [0.717, 1.165) is 11.6 Å². The van der Waals surface area contributed by atoms with Gasteiger partial charge in [-0.1, -0.05) is 6.07 Å². The lowest BCUT2D eigenvalue weighted by Gasteiger charge is -2.60. The van der Waals surface area contributed by atoms with Crippen molar-refractivity contribution in [3.05, 3.63) is 35.1 Å². The Hall–Kier alpha value is -2.05. The van der Waals surface area contributed by atoms with Gasteiger partial charge in [0, 0.05) is 11.6 Å². The lowest BCUT2D eigenvalue weighted by atomic mass is 9.50. The van der Waals surface area contributed by atoms with Gasteiger partial charge in [-0.3, -0.25) is 9.69 Å². The molecule has 0 radical (unpaired) electrons. The summed E-state index contributed by atoms with van der Waals surface area (Å²) in [6.45, 7) is 0.682. The third kappa shape index (κ3) is 1.18. The molecule has 1 aromatic rings. The van der Waals surface area contributed by atoms with Crippen LogP contribution in [-0.4, -0.2) is 57.3 Å². The molecule has 1 fully saturated rings. The smallest absolute Gasteiger partial charge is 0.200 e. The molecule has 2 bridgehead atoms. The normalized spacial score (nSPS) is 40.4. The fourth-order valence-electron chi connectivity index (χ4n) is 5.23. The molecule has 1 aromatic carbocycles. The van der Waals surface area contributed by atoms with Crippen molar-refractivity contribution >= 4 is 5.78 Å². The van der Waals surface area contributed by atoms with Gasteiger partial charge in [0.2, 0.25) is 5.78 Å². The van der Waals surface area contributed by atoms with E-state index >= 15 is 0 Å². The summed E-state index contributed by atoms with van der Waals surface area (Å²) in [5, 5.41) is 32.3. The molecule has 2 heterocycles. The van der Waals surface area contributed by atoms with Crippen LogP contribution in [0.1, 0.15) is 17.5 Å². The van der Waals surface area contributed by atoms with Crippen LogP contribution in [0.25, 0.3) is 0 Å². The number of aliphatic hydroxyl groups is 2. The van der Waals surface area contributed by atoms with Crippen LogP contribution in [0.2, 0.25) is 0 Å². The number of carbonyl (C=O) groups excluding carboxylic acids is 1. The van der Waals surface area contributed by atoms with E-state index in [1.54, 1.807) is 6.07 Å². The number of carbonyl (C=O) groups is 1. The van der Waals surface area contributed by atoms with Gasteiger partial charge < -0.3 is 20.1 Å². The summed E-state index contributed by atoms with van der Waals surface area (Å²) in [6.07, 6.45) is 1.19. The minimum atomic E-state index is -1.58. The van der Waals surface area contributed by atoms with Crippen molar-refractivity contribution in [1.82, 2.24) is 4.90 Å². The van der Waals surface area contributed by atoms with Gasteiger partial charge in [-0.2, -0.15) is 0 Å². The number of hydrogen-bond acceptors (Lipinski definition) is 6. The average molecular weight is 315 g/mol. The fraction of sp³-hybridized carbons (Fsp3) is 0.471. The summed E-state index contributed by atoms with van der Waals surface area (Å²) in [7, 11) is 1.91. The highest BCUT2D eigenvalue weighted by Crippen LogP contribution is 2.64. The van der Waals surface area contributed by atoms with Crippen LogP contribution in [0.3, 0.4) is 0 Å². The van der Waals surface area contributed by atoms with Gasteiger partial charge in [0.1, 0.15) is 5.76 Å². The van der Waals surface area contributed by atoms with E-state index in [1.165, 1.54) is 0 Å². The summed E-state index contributed by atoms with van der Waals surface area (Å²) in [6, 6.07) is 3.06. The van der Waals surface area contributed by atoms with Crippen molar-refractivity contribution in [1.29, 1.82) is 0 Å². The first-order chi connectivity index (χ1) is 10.9. The zero-order valence-electron chi connectivity index (χ0n) is 12.6. The third-order valence-corrected chi connectivity index (χ3v) is 6.25. The number of aliphatic hydroxyl groups excluding tert-OH is 1. The molecule has 3 N–H and O–H groups in total. The molecule has 0 aromatic heterocycles. The predicted octanol–water partition coefficient (Wildman–Crippen LogP) is 0.407. The SMILES string of the molecule is CN1CC[C@]23c4c5ccc(O)c4O[C@H]2C(=O)C=C(O)[C@@]3(O)[C@H]1C5. The number of phenols is 1.